The van der Waals surface area contributed by atoms with E-state index >= 15 is 0 Å². The van der Waals surface area contributed by atoms with Gasteiger partial charge in [0.2, 0.25) is 0 Å². The van der Waals surface area contributed by atoms with Crippen LogP contribution in [0.5, 0.6) is 5.75 Å². The first kappa shape index (κ1) is 11.5. The van der Waals surface area contributed by atoms with Crippen molar-refractivity contribution in [3.63, 3.8) is 0 Å². The van der Waals surface area contributed by atoms with Gasteiger partial charge in [-0.1, -0.05) is 18.2 Å². The third kappa shape index (κ3) is 2.59. The second-order valence-electron chi connectivity index (χ2n) is 3.94. The van der Waals surface area contributed by atoms with Crippen molar-refractivity contribution in [3.05, 3.63) is 35.9 Å². The number of benzene rings is 1. The lowest BCUT2D eigenvalue weighted by Gasteiger charge is -2.28. The molecule has 17 heavy (non-hydrogen) atoms. The lowest BCUT2D eigenvalue weighted by molar-refractivity contribution is 0.340. The molecule has 0 aliphatic carbocycles. The second-order valence-corrected chi connectivity index (χ2v) is 3.94. The predicted octanol–water partition coefficient (Wildman–Crippen LogP) is 2.75. The predicted molar refractivity (Wildman–Crippen MR) is 68.1 cm³/mol. The molecule has 1 heterocycles. The van der Waals surface area contributed by atoms with E-state index < -0.39 is 0 Å². The lowest BCUT2D eigenvalue weighted by atomic mass is 10.1. The molecule has 3 nitrogen and oxygen atoms in total. The van der Waals surface area contributed by atoms with Crippen molar-refractivity contribution in [2.24, 2.45) is 0 Å². The number of anilines is 1. The van der Waals surface area contributed by atoms with Crippen LogP contribution < -0.4 is 9.64 Å². The van der Waals surface area contributed by atoms with E-state index in [1.807, 2.05) is 31.2 Å². The quantitative estimate of drug-likeness (QED) is 0.798. The fourth-order valence-electron chi connectivity index (χ4n) is 1.99. The van der Waals surface area contributed by atoms with Crippen LogP contribution in [0.25, 0.3) is 0 Å². The molecule has 1 aromatic carbocycles. The summed E-state index contributed by atoms with van der Waals surface area (Å²) in [6, 6.07) is 10.3. The highest BCUT2D eigenvalue weighted by Crippen LogP contribution is 2.29. The van der Waals surface area contributed by atoms with Crippen molar-refractivity contribution in [3.8, 4) is 11.8 Å². The number of ether oxygens (including phenoxy) is 1. The van der Waals surface area contributed by atoms with Crippen LogP contribution in [0.2, 0.25) is 0 Å². The molecule has 1 aliphatic heterocycles. The summed E-state index contributed by atoms with van der Waals surface area (Å²) < 4.78 is 5.62. The molecule has 0 saturated carbocycles. The van der Waals surface area contributed by atoms with Gasteiger partial charge in [0.15, 0.2) is 0 Å². The zero-order valence-electron chi connectivity index (χ0n) is 10.0. The minimum Gasteiger partial charge on any atom is -0.492 e. The molecule has 1 aliphatic rings. The fourth-order valence-corrected chi connectivity index (χ4v) is 1.99. The standard InChI is InChI=1S/C14H16N2O/c1-2-17-14-6-4-3-5-13(14)16-9-7-12(11-15)8-10-16/h3-7H,2,8-10H2,1H3. The topological polar surface area (TPSA) is 36.3 Å². The summed E-state index contributed by atoms with van der Waals surface area (Å²) in [7, 11) is 0. The first-order chi connectivity index (χ1) is 8.35. The molecule has 3 heteroatoms. The Balaban J connectivity index is 2.19. The van der Waals surface area contributed by atoms with E-state index in [2.05, 4.69) is 17.0 Å². The fraction of sp³-hybridized carbons (Fsp3) is 0.357. The second kappa shape index (κ2) is 5.40. The van der Waals surface area contributed by atoms with Gasteiger partial charge in [0.1, 0.15) is 5.75 Å². The molecule has 1 aromatic rings. The van der Waals surface area contributed by atoms with E-state index in [-0.39, 0.29) is 0 Å². The smallest absolute Gasteiger partial charge is 0.142 e. The molecule has 0 fully saturated rings. The van der Waals surface area contributed by atoms with Gasteiger partial charge in [-0.15, -0.1) is 0 Å². The van der Waals surface area contributed by atoms with Gasteiger partial charge in [-0.3, -0.25) is 0 Å². The summed E-state index contributed by atoms with van der Waals surface area (Å²) in [4.78, 5) is 2.24. The molecule has 0 atom stereocenters. The molecular weight excluding hydrogens is 212 g/mol. The van der Waals surface area contributed by atoms with Gasteiger partial charge >= 0.3 is 0 Å². The average molecular weight is 228 g/mol. The Bertz CT molecular complexity index is 460. The summed E-state index contributed by atoms with van der Waals surface area (Å²) in [6.45, 7) is 4.32. The summed E-state index contributed by atoms with van der Waals surface area (Å²) in [6.07, 6.45) is 2.81. The van der Waals surface area contributed by atoms with Crippen molar-refractivity contribution in [2.75, 3.05) is 24.6 Å². The summed E-state index contributed by atoms with van der Waals surface area (Å²) >= 11 is 0. The summed E-state index contributed by atoms with van der Waals surface area (Å²) in [5, 5.41) is 8.83. The van der Waals surface area contributed by atoms with E-state index in [1.165, 1.54) is 0 Å². The number of hydrogen-bond donors (Lipinski definition) is 0. The Morgan fingerprint density at radius 3 is 2.88 bits per heavy atom. The van der Waals surface area contributed by atoms with Gasteiger partial charge < -0.3 is 9.64 Å². The highest BCUT2D eigenvalue weighted by Gasteiger charge is 2.15. The first-order valence-corrected chi connectivity index (χ1v) is 5.91. The van der Waals surface area contributed by atoms with Crippen LogP contribution >= 0.6 is 0 Å². The van der Waals surface area contributed by atoms with Crippen LogP contribution in [-0.2, 0) is 0 Å². The minimum absolute atomic E-state index is 0.671. The molecule has 0 aromatic heterocycles. The minimum atomic E-state index is 0.671. The third-order valence-corrected chi connectivity index (χ3v) is 2.86. The van der Waals surface area contributed by atoms with Crippen LogP contribution in [0.4, 0.5) is 5.69 Å². The Morgan fingerprint density at radius 2 is 2.24 bits per heavy atom. The zero-order valence-corrected chi connectivity index (χ0v) is 10.0. The van der Waals surface area contributed by atoms with Crippen molar-refractivity contribution < 1.29 is 4.74 Å². The van der Waals surface area contributed by atoms with Crippen LogP contribution in [-0.4, -0.2) is 19.7 Å². The summed E-state index contributed by atoms with van der Waals surface area (Å²) in [5.41, 5.74) is 2.00. The molecule has 2 rings (SSSR count). The van der Waals surface area contributed by atoms with E-state index in [1.54, 1.807) is 0 Å². The Morgan fingerprint density at radius 1 is 1.41 bits per heavy atom. The number of nitrogens with zero attached hydrogens (tertiary/aromatic N) is 2. The SMILES string of the molecule is CCOc1ccccc1N1CC=C(C#N)CC1. The maximum absolute atomic E-state index is 8.83. The number of hydrogen-bond acceptors (Lipinski definition) is 3. The molecule has 0 bridgehead atoms. The summed E-state index contributed by atoms with van der Waals surface area (Å²) in [5.74, 6) is 0.920. The largest absolute Gasteiger partial charge is 0.492 e. The normalized spacial score (nSPS) is 15.1. The molecule has 0 unspecified atom stereocenters. The van der Waals surface area contributed by atoms with E-state index in [9.17, 15) is 0 Å². The van der Waals surface area contributed by atoms with Gasteiger partial charge in [0.25, 0.3) is 0 Å². The van der Waals surface area contributed by atoms with Crippen molar-refractivity contribution in [2.45, 2.75) is 13.3 Å². The van der Waals surface area contributed by atoms with Crippen molar-refractivity contribution >= 4 is 5.69 Å². The average Bonchev–Trinajstić information content (AvgIpc) is 2.40. The maximum Gasteiger partial charge on any atom is 0.142 e. The van der Waals surface area contributed by atoms with Crippen LogP contribution in [0.3, 0.4) is 0 Å². The van der Waals surface area contributed by atoms with E-state index in [0.29, 0.717) is 6.61 Å². The van der Waals surface area contributed by atoms with E-state index in [0.717, 1.165) is 36.5 Å². The van der Waals surface area contributed by atoms with Gasteiger partial charge in [-0.2, -0.15) is 5.26 Å². The van der Waals surface area contributed by atoms with Gasteiger partial charge in [-0.25, -0.2) is 0 Å². The molecule has 0 spiro atoms. The number of rotatable bonds is 3. The van der Waals surface area contributed by atoms with Gasteiger partial charge in [-0.05, 0) is 25.5 Å². The highest BCUT2D eigenvalue weighted by molar-refractivity contribution is 5.59. The molecule has 0 radical (unpaired) electrons. The Kier molecular flexibility index (Phi) is 3.66. The molecule has 88 valence electrons. The number of para-hydroxylation sites is 2. The van der Waals surface area contributed by atoms with Gasteiger partial charge in [0.05, 0.1) is 18.4 Å². The highest BCUT2D eigenvalue weighted by atomic mass is 16.5. The van der Waals surface area contributed by atoms with Gasteiger partial charge in [0, 0.05) is 18.7 Å². The molecular formula is C14H16N2O. The van der Waals surface area contributed by atoms with Crippen molar-refractivity contribution in [1.82, 2.24) is 0 Å². The van der Waals surface area contributed by atoms with Crippen LogP contribution in [0, 0.1) is 11.3 Å². The number of nitriles is 1. The lowest BCUT2D eigenvalue weighted by Crippen LogP contribution is -2.28. The first-order valence-electron chi connectivity index (χ1n) is 5.91. The monoisotopic (exact) mass is 228 g/mol. The zero-order chi connectivity index (χ0) is 12.1. The molecule has 0 amide bonds. The molecule has 0 saturated heterocycles. The third-order valence-electron chi connectivity index (χ3n) is 2.86. The van der Waals surface area contributed by atoms with Crippen molar-refractivity contribution in [1.29, 1.82) is 5.26 Å². The molecule has 0 N–H and O–H groups in total. The van der Waals surface area contributed by atoms with Crippen LogP contribution in [0.1, 0.15) is 13.3 Å². The Hall–Kier alpha value is -1.95. The van der Waals surface area contributed by atoms with Crippen LogP contribution in [0.15, 0.2) is 35.9 Å². The maximum atomic E-state index is 8.83. The Labute approximate surface area is 102 Å². The van der Waals surface area contributed by atoms with E-state index in [4.69, 9.17) is 10.00 Å².